The first kappa shape index (κ1) is 13.8. The highest BCUT2D eigenvalue weighted by molar-refractivity contribution is 6.30. The minimum Gasteiger partial charge on any atom is -0.335 e. The van der Waals surface area contributed by atoms with Gasteiger partial charge in [-0.1, -0.05) is 11.6 Å². The molecule has 0 aliphatic heterocycles. The Balaban J connectivity index is 2.26. The summed E-state index contributed by atoms with van der Waals surface area (Å²) in [6.45, 7) is 0.226. The van der Waals surface area contributed by atoms with Crippen molar-refractivity contribution in [2.45, 2.75) is 25.3 Å². The summed E-state index contributed by atoms with van der Waals surface area (Å²) in [4.78, 5) is 13.6. The van der Waals surface area contributed by atoms with E-state index in [1.807, 2.05) is 6.07 Å². The molecule has 0 heterocycles. The molecule has 1 amide bonds. The van der Waals surface area contributed by atoms with Crippen LogP contribution >= 0.6 is 11.6 Å². The van der Waals surface area contributed by atoms with E-state index in [-0.39, 0.29) is 29.6 Å². The molecule has 1 aliphatic rings. The van der Waals surface area contributed by atoms with Gasteiger partial charge in [0.05, 0.1) is 23.1 Å². The molecule has 0 radical (unpaired) electrons. The Bertz CT molecular complexity index is 552. The van der Waals surface area contributed by atoms with Gasteiger partial charge < -0.3 is 4.90 Å². The van der Waals surface area contributed by atoms with Gasteiger partial charge in [-0.15, -0.1) is 0 Å². The number of hydrogen-bond acceptors (Lipinski definition) is 2. The molecular weight excluding hydrogens is 274 g/mol. The average molecular weight is 285 g/mol. The lowest BCUT2D eigenvalue weighted by Crippen LogP contribution is -2.34. The molecule has 2 rings (SSSR count). The van der Waals surface area contributed by atoms with Crippen LogP contribution in [0, 0.1) is 23.0 Å². The fourth-order valence-electron chi connectivity index (χ4n) is 1.85. The van der Waals surface area contributed by atoms with Crippen LogP contribution in [-0.4, -0.2) is 23.4 Å². The number of benzene rings is 1. The maximum absolute atomic E-state index is 13.7. The second-order valence-electron chi connectivity index (χ2n) is 4.38. The molecule has 1 saturated carbocycles. The zero-order valence-electron chi connectivity index (χ0n) is 10.00. The van der Waals surface area contributed by atoms with Crippen molar-refractivity contribution in [2.75, 3.05) is 6.54 Å². The quantitative estimate of drug-likeness (QED) is 0.797. The summed E-state index contributed by atoms with van der Waals surface area (Å²) < 4.78 is 27.0. The van der Waals surface area contributed by atoms with Gasteiger partial charge in [0.15, 0.2) is 0 Å². The SMILES string of the molecule is N#CCCN(C(=O)c1cc(F)c(Cl)cc1F)C1CC1. The van der Waals surface area contributed by atoms with Crippen molar-refractivity contribution in [2.24, 2.45) is 0 Å². The monoisotopic (exact) mass is 284 g/mol. The van der Waals surface area contributed by atoms with E-state index in [1.165, 1.54) is 4.90 Å². The molecule has 1 aromatic carbocycles. The van der Waals surface area contributed by atoms with E-state index in [0.717, 1.165) is 25.0 Å². The maximum Gasteiger partial charge on any atom is 0.257 e. The molecule has 0 aromatic heterocycles. The van der Waals surface area contributed by atoms with Crippen LogP contribution in [-0.2, 0) is 0 Å². The third-order valence-electron chi connectivity index (χ3n) is 2.95. The molecule has 1 aliphatic carbocycles. The summed E-state index contributed by atoms with van der Waals surface area (Å²) in [7, 11) is 0. The van der Waals surface area contributed by atoms with Gasteiger partial charge in [0.2, 0.25) is 0 Å². The molecule has 0 atom stereocenters. The van der Waals surface area contributed by atoms with Gasteiger partial charge >= 0.3 is 0 Å². The lowest BCUT2D eigenvalue weighted by atomic mass is 10.1. The minimum absolute atomic E-state index is 0.0268. The van der Waals surface area contributed by atoms with Crippen LogP contribution in [0.4, 0.5) is 8.78 Å². The van der Waals surface area contributed by atoms with Crippen LogP contribution in [0.15, 0.2) is 12.1 Å². The van der Waals surface area contributed by atoms with E-state index in [0.29, 0.717) is 0 Å². The molecule has 0 spiro atoms. The Morgan fingerprint density at radius 2 is 2.11 bits per heavy atom. The molecule has 0 N–H and O–H groups in total. The standard InChI is InChI=1S/C13H11ClF2N2O/c14-10-7-11(15)9(6-12(10)16)13(19)18(5-1-4-17)8-2-3-8/h6-8H,1-3,5H2. The highest BCUT2D eigenvalue weighted by Crippen LogP contribution is 2.29. The van der Waals surface area contributed by atoms with E-state index in [2.05, 4.69) is 0 Å². The third-order valence-corrected chi connectivity index (χ3v) is 3.24. The molecule has 3 nitrogen and oxygen atoms in total. The number of amides is 1. The first-order chi connectivity index (χ1) is 9.04. The molecule has 100 valence electrons. The van der Waals surface area contributed by atoms with Crippen LogP contribution < -0.4 is 0 Å². The fraction of sp³-hybridized carbons (Fsp3) is 0.385. The van der Waals surface area contributed by atoms with Crippen molar-refractivity contribution in [3.8, 4) is 6.07 Å². The predicted molar refractivity (Wildman–Crippen MR) is 65.7 cm³/mol. The summed E-state index contributed by atoms with van der Waals surface area (Å²) in [5, 5.41) is 8.21. The van der Waals surface area contributed by atoms with Gasteiger partial charge in [-0.2, -0.15) is 5.26 Å². The van der Waals surface area contributed by atoms with Crippen LogP contribution in [0.5, 0.6) is 0 Å². The van der Waals surface area contributed by atoms with Crippen molar-refractivity contribution >= 4 is 17.5 Å². The van der Waals surface area contributed by atoms with Crippen LogP contribution in [0.2, 0.25) is 5.02 Å². The van der Waals surface area contributed by atoms with Crippen molar-refractivity contribution < 1.29 is 13.6 Å². The Hall–Kier alpha value is -1.67. The molecule has 0 bridgehead atoms. The van der Waals surface area contributed by atoms with E-state index in [4.69, 9.17) is 16.9 Å². The van der Waals surface area contributed by atoms with Gasteiger partial charge in [0.25, 0.3) is 5.91 Å². The summed E-state index contributed by atoms with van der Waals surface area (Å²) in [6, 6.07) is 3.56. The number of nitrogens with zero attached hydrogens (tertiary/aromatic N) is 2. The number of carbonyl (C=O) groups is 1. The summed E-state index contributed by atoms with van der Waals surface area (Å²) in [6.07, 6.45) is 1.82. The summed E-state index contributed by atoms with van der Waals surface area (Å²) in [5.41, 5.74) is -0.341. The third kappa shape index (κ3) is 3.02. The summed E-state index contributed by atoms with van der Waals surface area (Å²) >= 11 is 5.45. The lowest BCUT2D eigenvalue weighted by molar-refractivity contribution is 0.0741. The fourth-order valence-corrected chi connectivity index (χ4v) is 2.00. The highest BCUT2D eigenvalue weighted by atomic mass is 35.5. The number of carbonyl (C=O) groups excluding carboxylic acids is 1. The molecular formula is C13H11ClF2N2O. The predicted octanol–water partition coefficient (Wildman–Crippen LogP) is 3.14. The topological polar surface area (TPSA) is 44.1 Å². The van der Waals surface area contributed by atoms with Gasteiger partial charge in [-0.25, -0.2) is 8.78 Å². The first-order valence-corrected chi connectivity index (χ1v) is 6.25. The second-order valence-corrected chi connectivity index (χ2v) is 4.79. The Labute approximate surface area is 114 Å². The van der Waals surface area contributed by atoms with Crippen molar-refractivity contribution in [3.63, 3.8) is 0 Å². The van der Waals surface area contributed by atoms with Gasteiger partial charge in [-0.3, -0.25) is 4.79 Å². The normalized spacial score (nSPS) is 14.0. The Morgan fingerprint density at radius 3 is 2.68 bits per heavy atom. The van der Waals surface area contributed by atoms with Gasteiger partial charge in [-0.05, 0) is 25.0 Å². The molecule has 1 aromatic rings. The Morgan fingerprint density at radius 1 is 1.42 bits per heavy atom. The lowest BCUT2D eigenvalue weighted by Gasteiger charge is -2.21. The first-order valence-electron chi connectivity index (χ1n) is 5.87. The van der Waals surface area contributed by atoms with Crippen LogP contribution in [0.1, 0.15) is 29.6 Å². The largest absolute Gasteiger partial charge is 0.335 e. The van der Waals surface area contributed by atoms with Crippen molar-refractivity contribution in [1.29, 1.82) is 5.26 Å². The average Bonchev–Trinajstić information content (AvgIpc) is 3.18. The van der Waals surface area contributed by atoms with E-state index in [1.54, 1.807) is 0 Å². The van der Waals surface area contributed by atoms with E-state index in [9.17, 15) is 13.6 Å². The van der Waals surface area contributed by atoms with Crippen molar-refractivity contribution in [1.82, 2.24) is 4.90 Å². The molecule has 6 heteroatoms. The summed E-state index contributed by atoms with van der Waals surface area (Å²) in [5.74, 6) is -2.27. The smallest absolute Gasteiger partial charge is 0.257 e. The van der Waals surface area contributed by atoms with Gasteiger partial charge in [0, 0.05) is 12.6 Å². The molecule has 19 heavy (non-hydrogen) atoms. The Kier molecular flexibility index (Phi) is 4.01. The second kappa shape index (κ2) is 5.54. The number of halogens is 3. The zero-order chi connectivity index (χ0) is 14.0. The zero-order valence-corrected chi connectivity index (χ0v) is 10.8. The highest BCUT2D eigenvalue weighted by Gasteiger charge is 2.34. The van der Waals surface area contributed by atoms with E-state index >= 15 is 0 Å². The molecule has 1 fully saturated rings. The van der Waals surface area contributed by atoms with Crippen LogP contribution in [0.3, 0.4) is 0 Å². The number of rotatable bonds is 4. The van der Waals surface area contributed by atoms with E-state index < -0.39 is 17.5 Å². The van der Waals surface area contributed by atoms with Crippen LogP contribution in [0.25, 0.3) is 0 Å². The maximum atomic E-state index is 13.7. The minimum atomic E-state index is -0.848. The van der Waals surface area contributed by atoms with Gasteiger partial charge in [0.1, 0.15) is 11.6 Å². The molecule has 0 saturated heterocycles. The molecule has 0 unspecified atom stereocenters. The van der Waals surface area contributed by atoms with Crippen molar-refractivity contribution in [3.05, 3.63) is 34.4 Å². The number of nitriles is 1. The number of hydrogen-bond donors (Lipinski definition) is 0.